The molecule has 2 atom stereocenters. The SMILES string of the molecule is COc1ccc([C@@H]2N[C@H](C(=O)O)Cc3c2[nH]c2ccccc32)c(OC)c1OC. The number of carbonyl (C=O) groups is 1. The van der Waals surface area contributed by atoms with Crippen molar-refractivity contribution in [1.82, 2.24) is 10.3 Å². The van der Waals surface area contributed by atoms with E-state index in [1.165, 1.54) is 0 Å². The summed E-state index contributed by atoms with van der Waals surface area (Å²) in [4.78, 5) is 15.3. The molecule has 0 bridgehead atoms. The van der Waals surface area contributed by atoms with Gasteiger partial charge in [-0.05, 0) is 23.8 Å². The number of carboxylic acid groups (broad SMARTS) is 1. The Hall–Kier alpha value is -3.19. The van der Waals surface area contributed by atoms with E-state index in [0.29, 0.717) is 23.7 Å². The molecular formula is C21H22N2O5. The molecule has 1 aliphatic heterocycles. The zero-order valence-electron chi connectivity index (χ0n) is 15.9. The maximum Gasteiger partial charge on any atom is 0.321 e. The number of aromatic nitrogens is 1. The lowest BCUT2D eigenvalue weighted by Crippen LogP contribution is -2.45. The number of ether oxygens (including phenoxy) is 3. The van der Waals surface area contributed by atoms with Crippen LogP contribution in [0.2, 0.25) is 0 Å². The average Bonchev–Trinajstić information content (AvgIpc) is 3.10. The first-order valence-corrected chi connectivity index (χ1v) is 8.96. The van der Waals surface area contributed by atoms with Crippen molar-refractivity contribution in [3.05, 3.63) is 53.2 Å². The summed E-state index contributed by atoms with van der Waals surface area (Å²) in [7, 11) is 4.67. The first kappa shape index (κ1) is 18.2. The topological polar surface area (TPSA) is 92.8 Å². The molecule has 0 amide bonds. The highest BCUT2D eigenvalue weighted by molar-refractivity contribution is 5.87. The maximum absolute atomic E-state index is 11.8. The first-order valence-electron chi connectivity index (χ1n) is 8.96. The van der Waals surface area contributed by atoms with E-state index in [4.69, 9.17) is 14.2 Å². The molecule has 0 saturated heterocycles. The van der Waals surface area contributed by atoms with Gasteiger partial charge in [0.15, 0.2) is 11.5 Å². The largest absolute Gasteiger partial charge is 0.493 e. The van der Waals surface area contributed by atoms with E-state index >= 15 is 0 Å². The number of para-hydroxylation sites is 1. The lowest BCUT2D eigenvalue weighted by molar-refractivity contribution is -0.139. The van der Waals surface area contributed by atoms with E-state index in [2.05, 4.69) is 10.3 Å². The molecule has 0 fully saturated rings. The van der Waals surface area contributed by atoms with E-state index < -0.39 is 18.1 Å². The monoisotopic (exact) mass is 382 g/mol. The van der Waals surface area contributed by atoms with Crippen LogP contribution in [-0.4, -0.2) is 43.4 Å². The Labute approximate surface area is 162 Å². The Balaban J connectivity index is 1.94. The molecule has 0 spiro atoms. The van der Waals surface area contributed by atoms with Gasteiger partial charge in [0.1, 0.15) is 6.04 Å². The second-order valence-corrected chi connectivity index (χ2v) is 6.68. The number of H-pyrrole nitrogens is 1. The molecule has 0 saturated carbocycles. The number of hydrogen-bond acceptors (Lipinski definition) is 5. The Bertz CT molecular complexity index is 1040. The highest BCUT2D eigenvalue weighted by Crippen LogP contribution is 2.45. The van der Waals surface area contributed by atoms with Crippen molar-refractivity contribution >= 4 is 16.9 Å². The fraction of sp³-hybridized carbons (Fsp3) is 0.286. The van der Waals surface area contributed by atoms with Crippen LogP contribution in [0.5, 0.6) is 17.2 Å². The van der Waals surface area contributed by atoms with Gasteiger partial charge in [0.05, 0.1) is 27.4 Å². The number of fused-ring (bicyclic) bond motifs is 3. The molecule has 1 aromatic heterocycles. The molecule has 0 aliphatic carbocycles. The van der Waals surface area contributed by atoms with Crippen molar-refractivity contribution in [3.63, 3.8) is 0 Å². The second kappa shape index (κ2) is 7.09. The summed E-state index contributed by atoms with van der Waals surface area (Å²) >= 11 is 0. The normalized spacial score (nSPS) is 18.5. The van der Waals surface area contributed by atoms with Gasteiger partial charge < -0.3 is 24.3 Å². The predicted molar refractivity (Wildman–Crippen MR) is 105 cm³/mol. The number of hydrogen-bond donors (Lipinski definition) is 3. The van der Waals surface area contributed by atoms with Crippen LogP contribution in [0.25, 0.3) is 10.9 Å². The molecular weight excluding hydrogens is 360 g/mol. The number of aliphatic carboxylic acids is 1. The molecule has 7 heteroatoms. The summed E-state index contributed by atoms with van der Waals surface area (Å²) in [5.41, 5.74) is 3.69. The second-order valence-electron chi connectivity index (χ2n) is 6.68. The minimum atomic E-state index is -0.889. The number of rotatable bonds is 5. The van der Waals surface area contributed by atoms with Crippen molar-refractivity contribution in [2.24, 2.45) is 0 Å². The van der Waals surface area contributed by atoms with Gasteiger partial charge in [-0.25, -0.2) is 0 Å². The van der Waals surface area contributed by atoms with Crippen LogP contribution in [-0.2, 0) is 11.2 Å². The molecule has 4 rings (SSSR count). The number of aromatic amines is 1. The number of carboxylic acids is 1. The van der Waals surface area contributed by atoms with Crippen LogP contribution in [0.1, 0.15) is 22.9 Å². The summed E-state index contributed by atoms with van der Waals surface area (Å²) in [6.07, 6.45) is 0.404. The van der Waals surface area contributed by atoms with Gasteiger partial charge in [-0.2, -0.15) is 0 Å². The van der Waals surface area contributed by atoms with Gasteiger partial charge in [0.2, 0.25) is 5.75 Å². The van der Waals surface area contributed by atoms with Gasteiger partial charge >= 0.3 is 5.97 Å². The van der Waals surface area contributed by atoms with Crippen molar-refractivity contribution in [2.45, 2.75) is 18.5 Å². The molecule has 3 aromatic rings. The summed E-state index contributed by atoms with van der Waals surface area (Å²) in [6, 6.07) is 10.5. The fourth-order valence-corrected chi connectivity index (χ4v) is 3.99. The molecule has 3 N–H and O–H groups in total. The van der Waals surface area contributed by atoms with Gasteiger partial charge in [0, 0.05) is 28.6 Å². The van der Waals surface area contributed by atoms with Crippen LogP contribution >= 0.6 is 0 Å². The molecule has 7 nitrogen and oxygen atoms in total. The summed E-state index contributed by atoms with van der Waals surface area (Å²) in [5, 5.41) is 14.0. The zero-order chi connectivity index (χ0) is 19.8. The van der Waals surface area contributed by atoms with Crippen LogP contribution in [0.15, 0.2) is 36.4 Å². The number of benzene rings is 2. The molecule has 1 aliphatic rings. The van der Waals surface area contributed by atoms with Crippen LogP contribution in [0.4, 0.5) is 0 Å². The minimum absolute atomic E-state index is 0.396. The summed E-state index contributed by atoms with van der Waals surface area (Å²) in [5.74, 6) is 0.639. The maximum atomic E-state index is 11.8. The minimum Gasteiger partial charge on any atom is -0.493 e. The van der Waals surface area contributed by atoms with Crippen molar-refractivity contribution in [2.75, 3.05) is 21.3 Å². The third-order valence-corrected chi connectivity index (χ3v) is 5.26. The Morgan fingerprint density at radius 2 is 1.79 bits per heavy atom. The van der Waals surface area contributed by atoms with E-state index in [-0.39, 0.29) is 0 Å². The molecule has 2 heterocycles. The molecule has 146 valence electrons. The highest BCUT2D eigenvalue weighted by Gasteiger charge is 2.36. The van der Waals surface area contributed by atoms with Gasteiger partial charge in [-0.3, -0.25) is 10.1 Å². The molecule has 0 unspecified atom stereocenters. The smallest absolute Gasteiger partial charge is 0.321 e. The van der Waals surface area contributed by atoms with E-state index in [1.54, 1.807) is 27.4 Å². The van der Waals surface area contributed by atoms with Crippen LogP contribution in [0.3, 0.4) is 0 Å². The van der Waals surface area contributed by atoms with Crippen molar-refractivity contribution in [3.8, 4) is 17.2 Å². The summed E-state index contributed by atoms with van der Waals surface area (Å²) < 4.78 is 16.5. The van der Waals surface area contributed by atoms with Crippen LogP contribution in [0, 0.1) is 0 Å². The zero-order valence-corrected chi connectivity index (χ0v) is 15.9. The lowest BCUT2D eigenvalue weighted by atomic mass is 9.89. The molecule has 0 radical (unpaired) electrons. The third kappa shape index (κ3) is 2.75. The first-order chi connectivity index (χ1) is 13.6. The van der Waals surface area contributed by atoms with Crippen molar-refractivity contribution in [1.29, 1.82) is 0 Å². The molecule has 2 aromatic carbocycles. The van der Waals surface area contributed by atoms with Crippen molar-refractivity contribution < 1.29 is 24.1 Å². The number of methoxy groups -OCH3 is 3. The van der Waals surface area contributed by atoms with Crippen LogP contribution < -0.4 is 19.5 Å². The van der Waals surface area contributed by atoms with Gasteiger partial charge in [0.25, 0.3) is 0 Å². The average molecular weight is 382 g/mol. The highest BCUT2D eigenvalue weighted by atomic mass is 16.5. The van der Waals surface area contributed by atoms with E-state index in [0.717, 1.165) is 27.7 Å². The van der Waals surface area contributed by atoms with Gasteiger partial charge in [-0.1, -0.05) is 18.2 Å². The van der Waals surface area contributed by atoms with E-state index in [9.17, 15) is 9.90 Å². The van der Waals surface area contributed by atoms with Gasteiger partial charge in [-0.15, -0.1) is 0 Å². The summed E-state index contributed by atoms with van der Waals surface area (Å²) in [6.45, 7) is 0. The standard InChI is InChI=1S/C21H22N2O5/c1-26-16-9-8-12(19(27-2)20(16)28-3)17-18-13(10-15(23-17)21(24)25)11-6-4-5-7-14(11)22-18/h4-9,15,17,22-23H,10H2,1-3H3,(H,24,25)/t15-,17-/m0/s1. The Morgan fingerprint density at radius 3 is 2.46 bits per heavy atom. The quantitative estimate of drug-likeness (QED) is 0.628. The fourth-order valence-electron chi connectivity index (χ4n) is 3.99. The predicted octanol–water partition coefficient (Wildman–Crippen LogP) is 2.88. The Morgan fingerprint density at radius 1 is 1.04 bits per heavy atom. The molecule has 28 heavy (non-hydrogen) atoms. The third-order valence-electron chi connectivity index (χ3n) is 5.26. The van der Waals surface area contributed by atoms with E-state index in [1.807, 2.05) is 30.3 Å². The lowest BCUT2D eigenvalue weighted by Gasteiger charge is -2.31. The number of nitrogens with one attached hydrogen (secondary N) is 2. The Kier molecular flexibility index (Phi) is 4.60.